The Hall–Kier alpha value is -2.70. The highest BCUT2D eigenvalue weighted by molar-refractivity contribution is 5.83. The van der Waals surface area contributed by atoms with Gasteiger partial charge in [0, 0.05) is 43.3 Å². The van der Waals surface area contributed by atoms with Crippen molar-refractivity contribution >= 4 is 17.5 Å². The number of aryl methyl sites for hydroxylation is 1. The zero-order valence-electron chi connectivity index (χ0n) is 15.9. The number of nitrogens with zero attached hydrogens (tertiary/aromatic N) is 4. The van der Waals surface area contributed by atoms with Gasteiger partial charge >= 0.3 is 0 Å². The van der Waals surface area contributed by atoms with Crippen LogP contribution < -0.4 is 15.5 Å². The normalized spacial score (nSPS) is 15.4. The zero-order chi connectivity index (χ0) is 19.4. The van der Waals surface area contributed by atoms with Gasteiger partial charge in [-0.05, 0) is 56.9 Å². The Bertz CT molecular complexity index is 789. The van der Waals surface area contributed by atoms with Crippen molar-refractivity contribution < 1.29 is 9.18 Å². The van der Waals surface area contributed by atoms with Crippen LogP contribution in [0.25, 0.3) is 0 Å². The largest absolute Gasteiger partial charge is 0.368 e. The molecule has 0 unspecified atom stereocenters. The third-order valence-corrected chi connectivity index (χ3v) is 5.03. The van der Waals surface area contributed by atoms with Crippen LogP contribution in [0.4, 0.5) is 16.0 Å². The lowest BCUT2D eigenvalue weighted by atomic mass is 10.1. The molecule has 1 atom stereocenters. The molecule has 0 spiro atoms. The quantitative estimate of drug-likeness (QED) is 0.845. The van der Waals surface area contributed by atoms with Crippen LogP contribution in [0.15, 0.2) is 30.6 Å². The first kappa shape index (κ1) is 19.1. The summed E-state index contributed by atoms with van der Waals surface area (Å²) in [5.74, 6) is -0.00682. The minimum absolute atomic E-state index is 0.308. The number of hydrogen-bond donors (Lipinski definition) is 1. The van der Waals surface area contributed by atoms with Crippen LogP contribution in [0.2, 0.25) is 0 Å². The fourth-order valence-corrected chi connectivity index (χ4v) is 3.41. The minimum Gasteiger partial charge on any atom is -0.368 e. The van der Waals surface area contributed by atoms with E-state index in [9.17, 15) is 9.18 Å². The number of hydrogen-bond acceptors (Lipinski definition) is 5. The fraction of sp³-hybridized carbons (Fsp3) is 0.450. The molecule has 1 fully saturated rings. The van der Waals surface area contributed by atoms with Gasteiger partial charge in [-0.2, -0.15) is 0 Å². The summed E-state index contributed by atoms with van der Waals surface area (Å²) in [6.07, 6.45) is 7.16. The van der Waals surface area contributed by atoms with Crippen molar-refractivity contribution in [1.29, 1.82) is 0 Å². The predicted octanol–water partition coefficient (Wildman–Crippen LogP) is 2.79. The van der Waals surface area contributed by atoms with E-state index in [0.717, 1.165) is 35.9 Å². The maximum absolute atomic E-state index is 13.5. The average Bonchev–Trinajstić information content (AvgIpc) is 2.67. The number of carbonyl (C=O) groups excluding carboxylic acids is 1. The van der Waals surface area contributed by atoms with Crippen molar-refractivity contribution in [1.82, 2.24) is 9.97 Å². The number of benzene rings is 1. The van der Waals surface area contributed by atoms with Crippen LogP contribution in [0.5, 0.6) is 0 Å². The number of amides is 1. The molecular formula is C20H26FN5O. The summed E-state index contributed by atoms with van der Waals surface area (Å²) < 4.78 is 13.5. The molecule has 0 radical (unpaired) electrons. The highest BCUT2D eigenvalue weighted by Gasteiger charge is 2.22. The summed E-state index contributed by atoms with van der Waals surface area (Å²) in [6.45, 7) is 5.94. The molecule has 144 valence electrons. The van der Waals surface area contributed by atoms with E-state index in [4.69, 9.17) is 5.73 Å². The lowest BCUT2D eigenvalue weighted by molar-refractivity contribution is -0.119. The van der Waals surface area contributed by atoms with Crippen LogP contribution in [-0.2, 0) is 11.3 Å². The van der Waals surface area contributed by atoms with Gasteiger partial charge < -0.3 is 15.5 Å². The van der Waals surface area contributed by atoms with Gasteiger partial charge in [0.15, 0.2) is 0 Å². The van der Waals surface area contributed by atoms with Crippen LogP contribution in [0.3, 0.4) is 0 Å². The van der Waals surface area contributed by atoms with Crippen LogP contribution in [0, 0.1) is 12.7 Å². The number of rotatable bonds is 6. The lowest BCUT2D eigenvalue weighted by Crippen LogP contribution is -2.42. The number of carbonyl (C=O) groups is 1. The summed E-state index contributed by atoms with van der Waals surface area (Å²) in [5, 5.41) is 0. The Morgan fingerprint density at radius 3 is 2.52 bits per heavy atom. The van der Waals surface area contributed by atoms with Gasteiger partial charge in [-0.3, -0.25) is 4.79 Å². The van der Waals surface area contributed by atoms with E-state index < -0.39 is 11.9 Å². The third-order valence-electron chi connectivity index (χ3n) is 5.03. The molecule has 1 aromatic heterocycles. The van der Waals surface area contributed by atoms with Gasteiger partial charge in [0.1, 0.15) is 11.9 Å². The highest BCUT2D eigenvalue weighted by Crippen LogP contribution is 2.25. The molecule has 1 aromatic carbocycles. The van der Waals surface area contributed by atoms with E-state index in [1.54, 1.807) is 25.4 Å². The van der Waals surface area contributed by atoms with Crippen molar-refractivity contribution in [2.24, 2.45) is 5.73 Å². The van der Waals surface area contributed by atoms with Crippen molar-refractivity contribution in [2.75, 3.05) is 22.9 Å². The molecule has 2 heterocycles. The topological polar surface area (TPSA) is 75.3 Å². The number of halogens is 1. The summed E-state index contributed by atoms with van der Waals surface area (Å²) in [7, 11) is 0. The lowest BCUT2D eigenvalue weighted by Gasteiger charge is -2.31. The zero-order valence-corrected chi connectivity index (χ0v) is 15.9. The first-order valence-corrected chi connectivity index (χ1v) is 9.33. The maximum atomic E-state index is 13.5. The Labute approximate surface area is 159 Å². The highest BCUT2D eigenvalue weighted by atomic mass is 19.1. The molecular weight excluding hydrogens is 345 g/mol. The Kier molecular flexibility index (Phi) is 5.88. The van der Waals surface area contributed by atoms with Crippen molar-refractivity contribution in [3.63, 3.8) is 0 Å². The summed E-state index contributed by atoms with van der Waals surface area (Å²) in [5.41, 5.74) is 7.92. The van der Waals surface area contributed by atoms with Crippen LogP contribution >= 0.6 is 0 Å². The van der Waals surface area contributed by atoms with E-state index in [2.05, 4.69) is 14.9 Å². The molecule has 1 amide bonds. The smallest absolute Gasteiger partial charge is 0.239 e. The number of piperidine rings is 1. The number of aromatic nitrogens is 2. The van der Waals surface area contributed by atoms with Gasteiger partial charge in [0.25, 0.3) is 0 Å². The van der Waals surface area contributed by atoms with Crippen molar-refractivity contribution in [3.8, 4) is 0 Å². The predicted molar refractivity (Wildman–Crippen MR) is 104 cm³/mol. The molecule has 1 aliphatic heterocycles. The molecule has 1 saturated heterocycles. The number of anilines is 2. The van der Waals surface area contributed by atoms with E-state index in [1.165, 1.54) is 31.4 Å². The summed E-state index contributed by atoms with van der Waals surface area (Å²) >= 11 is 0. The first-order valence-electron chi connectivity index (χ1n) is 9.33. The second-order valence-electron chi connectivity index (χ2n) is 7.08. The Balaban J connectivity index is 1.82. The minimum atomic E-state index is -0.545. The summed E-state index contributed by atoms with van der Waals surface area (Å²) in [6, 6.07) is 3.97. The van der Waals surface area contributed by atoms with Gasteiger partial charge in [0.2, 0.25) is 11.9 Å². The van der Waals surface area contributed by atoms with Crippen molar-refractivity contribution in [3.05, 3.63) is 47.5 Å². The standard InChI is InChI=1S/C20H26FN5O/c1-14-10-17(21)6-7-18(14)26(15(2)19(22)27)13-16-11-23-20(24-12-16)25-8-4-3-5-9-25/h6-7,10-12,15H,3-5,8-9,13H2,1-2H3,(H2,22,27)/t15-/m0/s1. The van der Waals surface area contributed by atoms with E-state index in [-0.39, 0.29) is 5.82 Å². The molecule has 1 aliphatic rings. The molecule has 0 bridgehead atoms. The van der Waals surface area contributed by atoms with E-state index in [1.807, 2.05) is 11.8 Å². The second-order valence-corrected chi connectivity index (χ2v) is 7.08. The molecule has 27 heavy (non-hydrogen) atoms. The van der Waals surface area contributed by atoms with Gasteiger partial charge in [0.05, 0.1) is 0 Å². The monoisotopic (exact) mass is 371 g/mol. The molecule has 3 rings (SSSR count). The first-order chi connectivity index (χ1) is 13.0. The van der Waals surface area contributed by atoms with E-state index in [0.29, 0.717) is 6.54 Å². The molecule has 2 aromatic rings. The second kappa shape index (κ2) is 8.33. The van der Waals surface area contributed by atoms with Crippen molar-refractivity contribution in [2.45, 2.75) is 45.7 Å². The average molecular weight is 371 g/mol. The molecule has 6 nitrogen and oxygen atoms in total. The SMILES string of the molecule is Cc1cc(F)ccc1N(Cc1cnc(N2CCCCC2)nc1)[C@@H](C)C(N)=O. The maximum Gasteiger partial charge on any atom is 0.239 e. The van der Waals surface area contributed by atoms with Gasteiger partial charge in [-0.1, -0.05) is 0 Å². The molecule has 2 N–H and O–H groups in total. The third kappa shape index (κ3) is 4.53. The number of nitrogens with two attached hydrogens (primary N) is 1. The number of primary amides is 1. The van der Waals surface area contributed by atoms with Gasteiger partial charge in [-0.15, -0.1) is 0 Å². The Morgan fingerprint density at radius 2 is 1.93 bits per heavy atom. The summed E-state index contributed by atoms with van der Waals surface area (Å²) in [4.78, 5) is 24.9. The van der Waals surface area contributed by atoms with E-state index >= 15 is 0 Å². The van der Waals surface area contributed by atoms with Crippen LogP contribution in [0.1, 0.15) is 37.3 Å². The van der Waals surface area contributed by atoms with Crippen LogP contribution in [-0.4, -0.2) is 35.0 Å². The van der Waals surface area contributed by atoms with Gasteiger partial charge in [-0.25, -0.2) is 14.4 Å². The molecule has 0 aliphatic carbocycles. The molecule has 7 heteroatoms. The molecule has 0 saturated carbocycles. The fourth-order valence-electron chi connectivity index (χ4n) is 3.41. The Morgan fingerprint density at radius 1 is 1.26 bits per heavy atom.